The molecule has 0 aliphatic rings. The summed E-state index contributed by atoms with van der Waals surface area (Å²) in [5.41, 5.74) is 8.61. The summed E-state index contributed by atoms with van der Waals surface area (Å²) < 4.78 is 22.6. The Bertz CT molecular complexity index is 1030. The zero-order chi connectivity index (χ0) is 20.9. The molecule has 3 aromatic rings. The van der Waals surface area contributed by atoms with Crippen LogP contribution in [0.1, 0.15) is 0 Å². The number of hydrogen-bond donors (Lipinski definition) is 3. The topological polar surface area (TPSA) is 116 Å². The number of pyridine rings is 1. The van der Waals surface area contributed by atoms with Crippen LogP contribution in [-0.2, 0) is 13.6 Å². The number of carbonyl (C=O) groups is 1. The lowest BCUT2D eigenvalue weighted by Gasteiger charge is -2.15. The lowest BCUT2D eigenvalue weighted by Crippen LogP contribution is -2.19. The van der Waals surface area contributed by atoms with E-state index in [1.165, 1.54) is 20.4 Å². The van der Waals surface area contributed by atoms with Crippen molar-refractivity contribution in [2.45, 2.75) is 0 Å². The molecule has 8 nitrogen and oxygen atoms in total. The Hall–Kier alpha value is -3.19. The molecular weight excluding hydrogens is 391 g/mol. The Labute approximate surface area is 168 Å². The fraction of sp³-hybridized carbons (Fsp3) is 0.100. The van der Waals surface area contributed by atoms with Gasteiger partial charge in [0.1, 0.15) is 5.82 Å². The standard InChI is InChI=1S/C20H21N4O4P/c1-27-29(26,28-2)17-12-18(19(21)22-13-17)14-8-10-16(11-9-14)24-20(25)23-15-6-4-3-5-7-15/h3-13H,1-2H3,(H2,21,22)(H2,23,24,25). The number of para-hydroxylation sites is 1. The van der Waals surface area contributed by atoms with Gasteiger partial charge in [0, 0.05) is 37.4 Å². The minimum absolute atomic E-state index is 0.273. The maximum Gasteiger partial charge on any atom is 0.362 e. The molecule has 1 aromatic heterocycles. The molecular formula is C20H21N4O4P. The maximum atomic E-state index is 12.6. The number of hydrogen-bond acceptors (Lipinski definition) is 6. The lowest BCUT2D eigenvalue weighted by atomic mass is 10.1. The van der Waals surface area contributed by atoms with E-state index in [0.717, 1.165) is 5.56 Å². The summed E-state index contributed by atoms with van der Waals surface area (Å²) >= 11 is 0. The van der Waals surface area contributed by atoms with Crippen LogP contribution in [-0.4, -0.2) is 25.2 Å². The summed E-state index contributed by atoms with van der Waals surface area (Å²) in [5, 5.41) is 5.80. The normalized spacial score (nSPS) is 11.1. The molecule has 4 N–H and O–H groups in total. The molecule has 3 rings (SSSR count). The van der Waals surface area contributed by atoms with Gasteiger partial charge in [-0.05, 0) is 35.9 Å². The van der Waals surface area contributed by atoms with Gasteiger partial charge >= 0.3 is 13.6 Å². The van der Waals surface area contributed by atoms with Crippen LogP contribution in [0, 0.1) is 0 Å². The van der Waals surface area contributed by atoms with Crippen LogP contribution in [0.5, 0.6) is 0 Å². The highest BCUT2D eigenvalue weighted by Gasteiger charge is 2.26. The molecule has 0 saturated carbocycles. The van der Waals surface area contributed by atoms with E-state index in [4.69, 9.17) is 14.8 Å². The fourth-order valence-electron chi connectivity index (χ4n) is 2.68. The third-order valence-corrected chi connectivity index (χ3v) is 6.02. The van der Waals surface area contributed by atoms with Crippen LogP contribution >= 0.6 is 7.60 Å². The number of carbonyl (C=O) groups excluding carboxylic acids is 1. The second-order valence-corrected chi connectivity index (χ2v) is 8.25. The van der Waals surface area contributed by atoms with Crippen molar-refractivity contribution in [3.05, 3.63) is 66.9 Å². The quantitative estimate of drug-likeness (QED) is 0.525. The van der Waals surface area contributed by atoms with Crippen molar-refractivity contribution >= 4 is 36.1 Å². The van der Waals surface area contributed by atoms with Crippen LogP contribution in [0.25, 0.3) is 11.1 Å². The average Bonchev–Trinajstić information content (AvgIpc) is 2.75. The van der Waals surface area contributed by atoms with Crippen molar-refractivity contribution in [1.29, 1.82) is 0 Å². The fourth-order valence-corrected chi connectivity index (χ4v) is 3.74. The van der Waals surface area contributed by atoms with E-state index in [2.05, 4.69) is 15.6 Å². The SMILES string of the molecule is COP(=O)(OC)c1cnc(N)c(-c2ccc(NC(=O)Nc3ccccc3)cc2)c1. The zero-order valence-corrected chi connectivity index (χ0v) is 16.9. The predicted octanol–water partition coefficient (Wildman–Crippen LogP) is 4.09. The predicted molar refractivity (Wildman–Crippen MR) is 114 cm³/mol. The highest BCUT2D eigenvalue weighted by Crippen LogP contribution is 2.45. The largest absolute Gasteiger partial charge is 0.383 e. The Morgan fingerprint density at radius 3 is 2.14 bits per heavy atom. The summed E-state index contributed by atoms with van der Waals surface area (Å²) in [4.78, 5) is 16.2. The van der Waals surface area contributed by atoms with Gasteiger partial charge in [-0.1, -0.05) is 30.3 Å². The van der Waals surface area contributed by atoms with Gasteiger partial charge in [0.05, 0.1) is 5.30 Å². The van der Waals surface area contributed by atoms with Gasteiger partial charge in [-0.3, -0.25) is 4.57 Å². The molecule has 2 amide bonds. The van der Waals surface area contributed by atoms with Crippen molar-refractivity contribution in [1.82, 2.24) is 4.98 Å². The van der Waals surface area contributed by atoms with E-state index in [0.29, 0.717) is 22.2 Å². The molecule has 0 spiro atoms. The van der Waals surface area contributed by atoms with Crippen LogP contribution in [0.3, 0.4) is 0 Å². The number of nitrogens with zero attached hydrogens (tertiary/aromatic N) is 1. The molecule has 2 aromatic carbocycles. The Kier molecular flexibility index (Phi) is 6.29. The van der Waals surface area contributed by atoms with Gasteiger partial charge in [0.25, 0.3) is 0 Å². The van der Waals surface area contributed by atoms with Crippen LogP contribution in [0.2, 0.25) is 0 Å². The molecule has 1 heterocycles. The second-order valence-electron chi connectivity index (χ2n) is 6.01. The molecule has 0 saturated heterocycles. The summed E-state index contributed by atoms with van der Waals surface area (Å²) in [6.45, 7) is 0. The molecule has 0 unspecified atom stereocenters. The first-order valence-electron chi connectivity index (χ1n) is 8.66. The van der Waals surface area contributed by atoms with Crippen molar-refractivity contribution in [3.8, 4) is 11.1 Å². The molecule has 9 heteroatoms. The second kappa shape index (κ2) is 8.87. The molecule has 0 aliphatic heterocycles. The number of nitrogens with one attached hydrogen (secondary N) is 2. The molecule has 0 atom stereocenters. The van der Waals surface area contributed by atoms with E-state index in [1.807, 2.05) is 18.2 Å². The number of rotatable bonds is 6. The summed E-state index contributed by atoms with van der Waals surface area (Å²) in [5.74, 6) is 0.273. The van der Waals surface area contributed by atoms with Crippen molar-refractivity contribution in [3.63, 3.8) is 0 Å². The highest BCUT2D eigenvalue weighted by molar-refractivity contribution is 7.62. The van der Waals surface area contributed by atoms with Gasteiger partial charge < -0.3 is 25.4 Å². The number of urea groups is 1. The van der Waals surface area contributed by atoms with E-state index in [1.54, 1.807) is 42.5 Å². The van der Waals surface area contributed by atoms with E-state index < -0.39 is 7.60 Å². The van der Waals surface area contributed by atoms with E-state index in [-0.39, 0.29) is 11.8 Å². The van der Waals surface area contributed by atoms with Crippen LogP contribution < -0.4 is 21.7 Å². The van der Waals surface area contributed by atoms with Crippen LogP contribution in [0.4, 0.5) is 22.0 Å². The highest BCUT2D eigenvalue weighted by atomic mass is 31.2. The molecule has 0 aliphatic carbocycles. The van der Waals surface area contributed by atoms with Gasteiger partial charge in [-0.2, -0.15) is 0 Å². The summed E-state index contributed by atoms with van der Waals surface area (Å²) in [7, 11) is -0.832. The van der Waals surface area contributed by atoms with Gasteiger partial charge in [0.15, 0.2) is 0 Å². The van der Waals surface area contributed by atoms with Crippen molar-refractivity contribution in [2.75, 3.05) is 30.6 Å². The van der Waals surface area contributed by atoms with Gasteiger partial charge in [-0.15, -0.1) is 0 Å². The molecule has 0 bridgehead atoms. The lowest BCUT2D eigenvalue weighted by molar-refractivity contribution is 0.262. The van der Waals surface area contributed by atoms with Crippen molar-refractivity contribution in [2.24, 2.45) is 0 Å². The first kappa shape index (κ1) is 20.5. The Morgan fingerprint density at radius 2 is 1.55 bits per heavy atom. The first-order chi connectivity index (χ1) is 13.9. The number of nitrogens with two attached hydrogens (primary N) is 1. The number of anilines is 3. The number of benzene rings is 2. The molecule has 29 heavy (non-hydrogen) atoms. The minimum atomic E-state index is -3.45. The van der Waals surface area contributed by atoms with Crippen LogP contribution in [0.15, 0.2) is 66.9 Å². The number of nitrogen functional groups attached to an aromatic ring is 1. The Balaban J connectivity index is 1.78. The minimum Gasteiger partial charge on any atom is -0.383 e. The number of aromatic nitrogens is 1. The molecule has 150 valence electrons. The summed E-state index contributed by atoms with van der Waals surface area (Å²) in [6.07, 6.45) is 1.37. The van der Waals surface area contributed by atoms with E-state index >= 15 is 0 Å². The molecule has 0 radical (unpaired) electrons. The maximum absolute atomic E-state index is 12.6. The van der Waals surface area contributed by atoms with Gasteiger partial charge in [0.2, 0.25) is 0 Å². The monoisotopic (exact) mass is 412 g/mol. The average molecular weight is 412 g/mol. The molecule has 0 fully saturated rings. The third kappa shape index (κ3) is 4.81. The first-order valence-corrected chi connectivity index (χ1v) is 10.2. The Morgan fingerprint density at radius 1 is 0.966 bits per heavy atom. The summed E-state index contributed by atoms with van der Waals surface area (Å²) in [6, 6.07) is 17.4. The zero-order valence-electron chi connectivity index (χ0n) is 16.0. The van der Waals surface area contributed by atoms with Gasteiger partial charge in [-0.25, -0.2) is 9.78 Å². The van der Waals surface area contributed by atoms with E-state index in [9.17, 15) is 9.36 Å². The number of amides is 2. The van der Waals surface area contributed by atoms with Crippen molar-refractivity contribution < 1.29 is 18.4 Å². The smallest absolute Gasteiger partial charge is 0.362 e. The third-order valence-electron chi connectivity index (χ3n) is 4.19.